The quantitative estimate of drug-likeness (QED) is 0.863. The third-order valence-electron chi connectivity index (χ3n) is 3.01. The van der Waals surface area contributed by atoms with E-state index in [9.17, 15) is 9.90 Å². The number of fused-ring (bicyclic) bond motifs is 1. The van der Waals surface area contributed by atoms with Gasteiger partial charge in [0.15, 0.2) is 0 Å². The maximum Gasteiger partial charge on any atom is 0.320 e. The fourth-order valence-electron chi connectivity index (χ4n) is 2.07. The van der Waals surface area contributed by atoms with Crippen molar-refractivity contribution in [1.29, 1.82) is 0 Å². The van der Waals surface area contributed by atoms with Gasteiger partial charge in [-0.1, -0.05) is 32.0 Å². The number of benzene rings is 1. The van der Waals surface area contributed by atoms with E-state index in [-0.39, 0.29) is 12.0 Å². The molecule has 2 atom stereocenters. The summed E-state index contributed by atoms with van der Waals surface area (Å²) in [6, 6.07) is 7.86. The Bertz CT molecular complexity index is 420. The van der Waals surface area contributed by atoms with Crippen molar-refractivity contribution in [2.75, 3.05) is 5.75 Å². The molecule has 3 nitrogen and oxygen atoms in total. The van der Waals surface area contributed by atoms with E-state index in [4.69, 9.17) is 0 Å². The number of rotatable bonds is 4. The summed E-state index contributed by atoms with van der Waals surface area (Å²) in [5, 5.41) is 12.4. The zero-order valence-electron chi connectivity index (χ0n) is 10.0. The molecular weight excluding hydrogens is 234 g/mol. The van der Waals surface area contributed by atoms with E-state index >= 15 is 0 Å². The van der Waals surface area contributed by atoms with E-state index in [1.165, 1.54) is 10.5 Å². The Morgan fingerprint density at radius 1 is 1.47 bits per heavy atom. The predicted octanol–water partition coefficient (Wildman–Crippen LogP) is 2.53. The van der Waals surface area contributed by atoms with Crippen LogP contribution in [0.25, 0.3) is 0 Å². The van der Waals surface area contributed by atoms with Crippen LogP contribution < -0.4 is 5.32 Å². The van der Waals surface area contributed by atoms with Crippen LogP contribution in [0.15, 0.2) is 29.2 Å². The van der Waals surface area contributed by atoms with Crippen LogP contribution in [0, 0.1) is 5.92 Å². The molecule has 2 N–H and O–H groups in total. The largest absolute Gasteiger partial charge is 0.480 e. The smallest absolute Gasteiger partial charge is 0.320 e. The molecule has 92 valence electrons. The van der Waals surface area contributed by atoms with Crippen LogP contribution in [0.2, 0.25) is 0 Å². The molecule has 1 aromatic rings. The zero-order valence-corrected chi connectivity index (χ0v) is 10.8. The predicted molar refractivity (Wildman–Crippen MR) is 69.3 cm³/mol. The second-order valence-corrected chi connectivity index (χ2v) is 5.69. The normalized spacial score (nSPS) is 20.3. The van der Waals surface area contributed by atoms with Crippen molar-refractivity contribution in [3.8, 4) is 0 Å². The zero-order chi connectivity index (χ0) is 12.4. The van der Waals surface area contributed by atoms with E-state index in [0.717, 1.165) is 5.75 Å². The minimum atomic E-state index is -0.769. The van der Waals surface area contributed by atoms with Crippen LogP contribution in [0.4, 0.5) is 0 Å². The molecule has 2 rings (SSSR count). The van der Waals surface area contributed by atoms with E-state index in [2.05, 4.69) is 17.4 Å². The molecule has 0 spiro atoms. The van der Waals surface area contributed by atoms with Gasteiger partial charge in [-0.25, -0.2) is 0 Å². The fourth-order valence-corrected chi connectivity index (χ4v) is 3.24. The van der Waals surface area contributed by atoms with Crippen molar-refractivity contribution in [2.45, 2.75) is 30.8 Å². The molecule has 17 heavy (non-hydrogen) atoms. The number of thioether (sulfide) groups is 1. The van der Waals surface area contributed by atoms with Gasteiger partial charge < -0.3 is 5.11 Å². The Hall–Kier alpha value is -1.00. The molecule has 1 aliphatic heterocycles. The Labute approximate surface area is 106 Å². The first-order valence-electron chi connectivity index (χ1n) is 5.80. The van der Waals surface area contributed by atoms with Crippen LogP contribution in [-0.2, 0) is 4.79 Å². The van der Waals surface area contributed by atoms with E-state index < -0.39 is 12.0 Å². The number of carbonyl (C=O) groups is 1. The molecule has 1 aliphatic rings. The molecule has 0 aromatic heterocycles. The van der Waals surface area contributed by atoms with Crippen molar-refractivity contribution in [3.63, 3.8) is 0 Å². The number of carboxylic acid groups (broad SMARTS) is 1. The molecule has 2 unspecified atom stereocenters. The first-order valence-corrected chi connectivity index (χ1v) is 6.78. The van der Waals surface area contributed by atoms with Gasteiger partial charge in [-0.2, -0.15) is 0 Å². The van der Waals surface area contributed by atoms with E-state index in [1.54, 1.807) is 11.8 Å². The maximum atomic E-state index is 11.2. The van der Waals surface area contributed by atoms with Crippen LogP contribution in [0.1, 0.15) is 25.5 Å². The van der Waals surface area contributed by atoms with Crippen LogP contribution in [0.5, 0.6) is 0 Å². The monoisotopic (exact) mass is 251 g/mol. The van der Waals surface area contributed by atoms with Gasteiger partial charge in [-0.05, 0) is 17.5 Å². The summed E-state index contributed by atoms with van der Waals surface area (Å²) in [5.74, 6) is 0.232. The topological polar surface area (TPSA) is 49.3 Å². The number of hydrogen-bond acceptors (Lipinski definition) is 3. The Morgan fingerprint density at radius 2 is 2.18 bits per heavy atom. The third kappa shape index (κ3) is 2.64. The van der Waals surface area contributed by atoms with Crippen molar-refractivity contribution in [3.05, 3.63) is 29.8 Å². The van der Waals surface area contributed by atoms with Crippen LogP contribution in [-0.4, -0.2) is 22.9 Å². The average Bonchev–Trinajstić information content (AvgIpc) is 2.68. The molecule has 0 fully saturated rings. The maximum absolute atomic E-state index is 11.2. The fraction of sp³-hybridized carbons (Fsp3) is 0.462. The lowest BCUT2D eigenvalue weighted by molar-refractivity contribution is -0.140. The first-order chi connectivity index (χ1) is 8.09. The summed E-state index contributed by atoms with van der Waals surface area (Å²) in [6.07, 6.45) is 0. The average molecular weight is 251 g/mol. The summed E-state index contributed by atoms with van der Waals surface area (Å²) in [7, 11) is 0. The highest BCUT2D eigenvalue weighted by atomic mass is 32.2. The van der Waals surface area contributed by atoms with Crippen LogP contribution in [0.3, 0.4) is 0 Å². The van der Waals surface area contributed by atoms with Gasteiger partial charge in [0.1, 0.15) is 6.04 Å². The second kappa shape index (κ2) is 5.10. The summed E-state index contributed by atoms with van der Waals surface area (Å²) in [4.78, 5) is 12.4. The van der Waals surface area contributed by atoms with Crippen molar-refractivity contribution in [1.82, 2.24) is 5.32 Å². The van der Waals surface area contributed by atoms with Gasteiger partial charge in [0.25, 0.3) is 0 Å². The highest BCUT2D eigenvalue weighted by Gasteiger charge is 2.29. The molecule has 0 saturated heterocycles. The lowest BCUT2D eigenvalue weighted by Crippen LogP contribution is -2.43. The Balaban J connectivity index is 2.13. The molecular formula is C13H17NO2S. The number of nitrogens with one attached hydrogen (secondary N) is 1. The minimum absolute atomic E-state index is 0.0882. The first kappa shape index (κ1) is 12.5. The number of carboxylic acids is 1. The molecule has 1 aromatic carbocycles. The molecule has 1 heterocycles. The molecule has 0 saturated carbocycles. The SMILES string of the molecule is CC(C)C(NC1CSc2ccccc21)C(=O)O. The lowest BCUT2D eigenvalue weighted by Gasteiger charge is -2.22. The van der Waals surface area contributed by atoms with E-state index in [1.807, 2.05) is 26.0 Å². The number of aliphatic carboxylic acids is 1. The highest BCUT2D eigenvalue weighted by Crippen LogP contribution is 2.38. The molecule has 0 bridgehead atoms. The van der Waals surface area contributed by atoms with Crippen LogP contribution >= 0.6 is 11.8 Å². The molecule has 4 heteroatoms. The van der Waals surface area contributed by atoms with Gasteiger partial charge in [0, 0.05) is 16.7 Å². The number of hydrogen-bond donors (Lipinski definition) is 2. The van der Waals surface area contributed by atoms with Gasteiger partial charge in [-0.3, -0.25) is 10.1 Å². The third-order valence-corrected chi connectivity index (χ3v) is 4.20. The standard InChI is InChI=1S/C13H17NO2S/c1-8(2)12(13(15)16)14-10-7-17-11-6-4-3-5-9(10)11/h3-6,8,10,12,14H,7H2,1-2H3,(H,15,16). The van der Waals surface area contributed by atoms with Gasteiger partial charge in [0.05, 0.1) is 0 Å². The molecule has 0 aliphatic carbocycles. The summed E-state index contributed by atoms with van der Waals surface area (Å²) < 4.78 is 0. The van der Waals surface area contributed by atoms with Gasteiger partial charge in [-0.15, -0.1) is 11.8 Å². The minimum Gasteiger partial charge on any atom is -0.480 e. The summed E-state index contributed by atoms with van der Waals surface area (Å²) >= 11 is 1.79. The lowest BCUT2D eigenvalue weighted by atomic mass is 10.0. The van der Waals surface area contributed by atoms with Crippen molar-refractivity contribution < 1.29 is 9.90 Å². The summed E-state index contributed by atoms with van der Waals surface area (Å²) in [5.41, 5.74) is 1.23. The summed E-state index contributed by atoms with van der Waals surface area (Å²) in [6.45, 7) is 3.86. The Kier molecular flexibility index (Phi) is 3.74. The Morgan fingerprint density at radius 3 is 2.82 bits per heavy atom. The van der Waals surface area contributed by atoms with Crippen molar-refractivity contribution in [2.24, 2.45) is 5.92 Å². The van der Waals surface area contributed by atoms with Crippen molar-refractivity contribution >= 4 is 17.7 Å². The van der Waals surface area contributed by atoms with Gasteiger partial charge in [0.2, 0.25) is 0 Å². The second-order valence-electron chi connectivity index (χ2n) is 4.63. The molecule has 0 radical (unpaired) electrons. The van der Waals surface area contributed by atoms with E-state index in [0.29, 0.717) is 0 Å². The molecule has 0 amide bonds. The van der Waals surface area contributed by atoms with Gasteiger partial charge >= 0.3 is 5.97 Å². The highest BCUT2D eigenvalue weighted by molar-refractivity contribution is 7.99.